The van der Waals surface area contributed by atoms with Crippen LogP contribution in [0.25, 0.3) is 0 Å². The van der Waals surface area contributed by atoms with Gasteiger partial charge in [-0.1, -0.05) is 37.0 Å². The minimum absolute atomic E-state index is 0.128. The molecule has 1 aromatic heterocycles. The van der Waals surface area contributed by atoms with Crippen LogP contribution in [0.2, 0.25) is 0 Å². The molecule has 1 heterocycles. The lowest BCUT2D eigenvalue weighted by molar-refractivity contribution is -0.137. The van der Waals surface area contributed by atoms with Crippen molar-refractivity contribution in [2.45, 2.75) is 30.0 Å². The molecule has 1 atom stereocenters. The van der Waals surface area contributed by atoms with Gasteiger partial charge in [-0.05, 0) is 30.7 Å². The fourth-order valence-corrected chi connectivity index (χ4v) is 4.44. The second kappa shape index (κ2) is 8.11. The van der Waals surface area contributed by atoms with Gasteiger partial charge in [-0.2, -0.15) is 0 Å². The summed E-state index contributed by atoms with van der Waals surface area (Å²) in [6.07, 6.45) is 0.152. The average molecular weight is 363 g/mol. The second-order valence-corrected chi connectivity index (χ2v) is 8.08. The van der Waals surface area contributed by atoms with Crippen LogP contribution < -0.4 is 4.72 Å². The number of sulfonamides is 1. The molecule has 0 aliphatic carbocycles. The molecule has 2 N–H and O–H groups in total. The first-order valence-electron chi connectivity index (χ1n) is 7.31. The fraction of sp³-hybridized carbons (Fsp3) is 0.235. The van der Waals surface area contributed by atoms with Gasteiger partial charge in [0.2, 0.25) is 10.0 Å². The highest BCUT2D eigenvalue weighted by Crippen LogP contribution is 2.21. The van der Waals surface area contributed by atoms with Gasteiger partial charge >= 0.3 is 5.97 Å². The van der Waals surface area contributed by atoms with Crippen molar-refractivity contribution >= 4 is 27.3 Å². The first-order chi connectivity index (χ1) is 11.4. The van der Waals surface area contributed by atoms with E-state index in [1.165, 1.54) is 6.07 Å². The van der Waals surface area contributed by atoms with Crippen LogP contribution in [0.15, 0.2) is 46.7 Å². The van der Waals surface area contributed by atoms with Crippen molar-refractivity contribution < 1.29 is 18.3 Å². The topological polar surface area (TPSA) is 83.5 Å². The molecule has 1 aromatic carbocycles. The van der Waals surface area contributed by atoms with Crippen molar-refractivity contribution in [3.63, 3.8) is 0 Å². The molecule has 126 valence electrons. The number of thiophene rings is 1. The minimum Gasteiger partial charge on any atom is -0.481 e. The lowest BCUT2D eigenvalue weighted by Crippen LogP contribution is -2.35. The molecule has 0 radical (unpaired) electrons. The third-order valence-electron chi connectivity index (χ3n) is 3.19. The number of rotatable bonds is 6. The molecule has 0 aliphatic heterocycles. The predicted octanol–water partition coefficient (Wildman–Crippen LogP) is 2.68. The van der Waals surface area contributed by atoms with Gasteiger partial charge in [-0.25, -0.2) is 13.1 Å². The number of carbonyl (C=O) groups is 1. The number of hydrogen-bond acceptors (Lipinski definition) is 4. The summed E-state index contributed by atoms with van der Waals surface area (Å²) in [6, 6.07) is 11.9. The monoisotopic (exact) mass is 363 g/mol. The third-order valence-corrected chi connectivity index (χ3v) is 6.20. The molecule has 0 spiro atoms. The SMILES string of the molecule is CC[C@@H](CC(=O)O)NS(=O)(=O)c1ccc(C#Cc2ccccc2)s1. The highest BCUT2D eigenvalue weighted by atomic mass is 32.2. The molecular weight excluding hydrogens is 346 g/mol. The third kappa shape index (κ3) is 5.20. The van der Waals surface area contributed by atoms with Crippen LogP contribution in [0.4, 0.5) is 0 Å². The summed E-state index contributed by atoms with van der Waals surface area (Å²) in [6.45, 7) is 1.74. The molecule has 0 amide bonds. The molecule has 24 heavy (non-hydrogen) atoms. The zero-order chi connectivity index (χ0) is 17.6. The van der Waals surface area contributed by atoms with E-state index in [4.69, 9.17) is 5.11 Å². The Morgan fingerprint density at radius 3 is 2.54 bits per heavy atom. The summed E-state index contributed by atoms with van der Waals surface area (Å²) in [5.41, 5.74) is 0.848. The quantitative estimate of drug-likeness (QED) is 0.773. The lowest BCUT2D eigenvalue weighted by atomic mass is 10.2. The zero-order valence-electron chi connectivity index (χ0n) is 13.0. The largest absolute Gasteiger partial charge is 0.481 e. The summed E-state index contributed by atoms with van der Waals surface area (Å²) < 4.78 is 27.2. The van der Waals surface area contributed by atoms with Gasteiger partial charge in [-0.15, -0.1) is 11.3 Å². The van der Waals surface area contributed by atoms with E-state index in [-0.39, 0.29) is 10.6 Å². The minimum atomic E-state index is -3.74. The molecule has 7 heteroatoms. The van der Waals surface area contributed by atoms with Crippen LogP contribution in [-0.2, 0) is 14.8 Å². The van der Waals surface area contributed by atoms with E-state index in [1.807, 2.05) is 30.3 Å². The van der Waals surface area contributed by atoms with E-state index in [2.05, 4.69) is 16.6 Å². The Morgan fingerprint density at radius 2 is 1.92 bits per heavy atom. The van der Waals surface area contributed by atoms with Gasteiger partial charge in [0.15, 0.2) is 0 Å². The Kier molecular flexibility index (Phi) is 6.15. The Morgan fingerprint density at radius 1 is 1.21 bits per heavy atom. The number of aliphatic carboxylic acids is 1. The van der Waals surface area contributed by atoms with Gasteiger partial charge in [0.1, 0.15) is 4.21 Å². The van der Waals surface area contributed by atoms with Crippen molar-refractivity contribution in [3.05, 3.63) is 52.9 Å². The number of nitrogens with one attached hydrogen (secondary N) is 1. The van der Waals surface area contributed by atoms with Gasteiger partial charge in [0.05, 0.1) is 11.3 Å². The Labute approximate surface area is 145 Å². The lowest BCUT2D eigenvalue weighted by Gasteiger charge is -2.13. The van der Waals surface area contributed by atoms with Gasteiger partial charge < -0.3 is 5.11 Å². The van der Waals surface area contributed by atoms with E-state index in [9.17, 15) is 13.2 Å². The molecule has 0 aliphatic rings. The summed E-state index contributed by atoms with van der Waals surface area (Å²) in [5, 5.41) is 8.81. The zero-order valence-corrected chi connectivity index (χ0v) is 14.7. The van der Waals surface area contributed by atoms with Crippen LogP contribution in [0.1, 0.15) is 30.2 Å². The van der Waals surface area contributed by atoms with Crippen molar-refractivity contribution in [1.82, 2.24) is 4.72 Å². The molecular formula is C17H17NO4S2. The first kappa shape index (κ1) is 18.2. The summed E-state index contributed by atoms with van der Waals surface area (Å²) in [7, 11) is -3.74. The van der Waals surface area contributed by atoms with Crippen molar-refractivity contribution in [3.8, 4) is 11.8 Å². The normalized spacial score (nSPS) is 12.2. The number of hydrogen-bond donors (Lipinski definition) is 2. The van der Waals surface area contributed by atoms with Gasteiger partial charge in [0.25, 0.3) is 0 Å². The van der Waals surface area contributed by atoms with Crippen molar-refractivity contribution in [1.29, 1.82) is 0 Å². The van der Waals surface area contributed by atoms with E-state index in [0.29, 0.717) is 11.3 Å². The summed E-state index contributed by atoms with van der Waals surface area (Å²) in [4.78, 5) is 11.4. The summed E-state index contributed by atoms with van der Waals surface area (Å²) in [5.74, 6) is 4.87. The molecule has 2 aromatic rings. The summed E-state index contributed by atoms with van der Waals surface area (Å²) >= 11 is 1.06. The first-order valence-corrected chi connectivity index (χ1v) is 9.61. The van der Waals surface area contributed by atoms with Crippen molar-refractivity contribution in [2.24, 2.45) is 0 Å². The van der Waals surface area contributed by atoms with Crippen LogP contribution in [0, 0.1) is 11.8 Å². The number of carboxylic acids is 1. The predicted molar refractivity (Wildman–Crippen MR) is 93.4 cm³/mol. The van der Waals surface area contributed by atoms with Gasteiger partial charge in [-0.3, -0.25) is 4.79 Å². The van der Waals surface area contributed by atoms with Crippen LogP contribution >= 0.6 is 11.3 Å². The average Bonchev–Trinajstić information content (AvgIpc) is 3.02. The maximum Gasteiger partial charge on any atom is 0.304 e. The van der Waals surface area contributed by atoms with Gasteiger partial charge in [0, 0.05) is 11.6 Å². The highest BCUT2D eigenvalue weighted by Gasteiger charge is 2.22. The fourth-order valence-electron chi connectivity index (χ4n) is 1.94. The molecule has 0 saturated carbocycles. The Bertz CT molecular complexity index is 861. The molecule has 2 rings (SSSR count). The standard InChI is InChI=1S/C17H17NO4S2/c1-2-14(12-16(19)20)18-24(21,22)17-11-10-15(23-17)9-8-13-6-4-3-5-7-13/h3-7,10-11,14,18H,2,12H2,1H3,(H,19,20)/t14-/m0/s1. The highest BCUT2D eigenvalue weighted by molar-refractivity contribution is 7.91. The van der Waals surface area contributed by atoms with Crippen molar-refractivity contribution in [2.75, 3.05) is 0 Å². The van der Waals surface area contributed by atoms with E-state index >= 15 is 0 Å². The second-order valence-electron chi connectivity index (χ2n) is 5.06. The van der Waals surface area contributed by atoms with E-state index in [0.717, 1.165) is 16.9 Å². The molecule has 5 nitrogen and oxygen atoms in total. The Balaban J connectivity index is 2.14. The van der Waals surface area contributed by atoms with E-state index in [1.54, 1.807) is 13.0 Å². The number of carboxylic acid groups (broad SMARTS) is 1. The molecule has 0 bridgehead atoms. The Hall–Kier alpha value is -2.14. The smallest absolute Gasteiger partial charge is 0.304 e. The van der Waals surface area contributed by atoms with Crippen LogP contribution in [0.5, 0.6) is 0 Å². The molecule has 0 unspecified atom stereocenters. The van der Waals surface area contributed by atoms with Crippen LogP contribution in [0.3, 0.4) is 0 Å². The maximum atomic E-state index is 12.3. The maximum absolute atomic E-state index is 12.3. The van der Waals surface area contributed by atoms with E-state index < -0.39 is 22.0 Å². The number of benzene rings is 1. The molecule has 0 saturated heterocycles. The van der Waals surface area contributed by atoms with Crippen LogP contribution in [-0.4, -0.2) is 25.5 Å². The molecule has 0 fully saturated rings.